The van der Waals surface area contributed by atoms with Crippen molar-refractivity contribution >= 4 is 0 Å². The van der Waals surface area contributed by atoms with E-state index in [0.717, 1.165) is 23.1 Å². The van der Waals surface area contributed by atoms with E-state index in [0.29, 0.717) is 0 Å². The molecule has 0 aromatic heterocycles. The lowest BCUT2D eigenvalue weighted by atomic mass is 9.86. The Kier molecular flexibility index (Phi) is 4.20. The van der Waals surface area contributed by atoms with Gasteiger partial charge in [-0.3, -0.25) is 0 Å². The van der Waals surface area contributed by atoms with Gasteiger partial charge >= 0.3 is 0 Å². The minimum absolute atomic E-state index is 0.0979. The van der Waals surface area contributed by atoms with E-state index in [2.05, 4.69) is 0 Å². The van der Waals surface area contributed by atoms with E-state index in [1.165, 1.54) is 0 Å². The third-order valence-electron chi connectivity index (χ3n) is 3.97. The second-order valence-electron chi connectivity index (χ2n) is 5.61. The summed E-state index contributed by atoms with van der Waals surface area (Å²) in [6.07, 6.45) is 0.760. The van der Waals surface area contributed by atoms with Crippen LogP contribution in [0.15, 0.2) is 72.8 Å². The van der Waals surface area contributed by atoms with Crippen LogP contribution in [0.1, 0.15) is 22.6 Å². The first kappa shape index (κ1) is 15.0. The second kappa shape index (κ2) is 6.44. The summed E-state index contributed by atoms with van der Waals surface area (Å²) in [5.41, 5.74) is 3.28. The SMILES string of the molecule is Oc1ccc(CC(c2ccc(O)cc2)c2ccc(O)cc2)cc1. The van der Waals surface area contributed by atoms with Crippen LogP contribution in [0.4, 0.5) is 0 Å². The van der Waals surface area contributed by atoms with Gasteiger partial charge in [0, 0.05) is 5.92 Å². The molecule has 116 valence electrons. The summed E-state index contributed by atoms with van der Waals surface area (Å²) in [6, 6.07) is 21.5. The standard InChI is InChI=1S/C20H18O3/c21-17-7-1-14(2-8-17)13-20(15-3-9-18(22)10-4-15)16-5-11-19(23)12-6-16/h1-12,20-23H,13H2. The number of hydrogen-bond acceptors (Lipinski definition) is 3. The number of benzene rings is 3. The summed E-state index contributed by atoms with van der Waals surface area (Å²) in [6.45, 7) is 0. The lowest BCUT2D eigenvalue weighted by Crippen LogP contribution is -2.05. The maximum atomic E-state index is 9.50. The Hall–Kier alpha value is -2.94. The molecule has 3 nitrogen and oxygen atoms in total. The predicted octanol–water partition coefficient (Wildman–Crippen LogP) is 4.18. The fourth-order valence-electron chi connectivity index (χ4n) is 2.71. The Morgan fingerprint density at radius 1 is 0.522 bits per heavy atom. The normalized spacial score (nSPS) is 10.8. The molecule has 0 unspecified atom stereocenters. The average molecular weight is 306 g/mol. The van der Waals surface area contributed by atoms with Crippen LogP contribution >= 0.6 is 0 Å². The van der Waals surface area contributed by atoms with E-state index < -0.39 is 0 Å². The predicted molar refractivity (Wildman–Crippen MR) is 89.9 cm³/mol. The summed E-state index contributed by atoms with van der Waals surface area (Å²) in [4.78, 5) is 0. The molecule has 3 N–H and O–H groups in total. The van der Waals surface area contributed by atoms with Gasteiger partial charge in [-0.2, -0.15) is 0 Å². The molecule has 0 bridgehead atoms. The molecular formula is C20H18O3. The van der Waals surface area contributed by atoms with Gasteiger partial charge in [-0.05, 0) is 59.5 Å². The molecule has 3 rings (SSSR count). The third kappa shape index (κ3) is 3.64. The summed E-state index contributed by atoms with van der Waals surface area (Å²) < 4.78 is 0. The molecule has 0 spiro atoms. The van der Waals surface area contributed by atoms with E-state index in [9.17, 15) is 15.3 Å². The van der Waals surface area contributed by atoms with E-state index >= 15 is 0 Å². The minimum Gasteiger partial charge on any atom is -0.508 e. The Balaban J connectivity index is 1.97. The maximum absolute atomic E-state index is 9.50. The van der Waals surface area contributed by atoms with Crippen LogP contribution < -0.4 is 0 Å². The van der Waals surface area contributed by atoms with E-state index in [1.807, 2.05) is 36.4 Å². The Morgan fingerprint density at radius 3 is 1.26 bits per heavy atom. The van der Waals surface area contributed by atoms with Crippen molar-refractivity contribution in [3.8, 4) is 17.2 Å². The third-order valence-corrected chi connectivity index (χ3v) is 3.97. The van der Waals surface area contributed by atoms with Crippen molar-refractivity contribution in [3.63, 3.8) is 0 Å². The first-order valence-electron chi connectivity index (χ1n) is 7.47. The highest BCUT2D eigenvalue weighted by molar-refractivity contribution is 5.39. The van der Waals surface area contributed by atoms with Gasteiger partial charge in [0.15, 0.2) is 0 Å². The maximum Gasteiger partial charge on any atom is 0.115 e. The van der Waals surface area contributed by atoms with Gasteiger partial charge in [0.05, 0.1) is 0 Å². The molecule has 23 heavy (non-hydrogen) atoms. The summed E-state index contributed by atoms with van der Waals surface area (Å²) in [5, 5.41) is 28.4. The van der Waals surface area contributed by atoms with Gasteiger partial charge in [0.2, 0.25) is 0 Å². The van der Waals surface area contributed by atoms with Crippen LogP contribution in [0.3, 0.4) is 0 Å². The first-order valence-corrected chi connectivity index (χ1v) is 7.47. The fraction of sp³-hybridized carbons (Fsp3) is 0.100. The molecular weight excluding hydrogens is 288 g/mol. The summed E-state index contributed by atoms with van der Waals surface area (Å²) in [7, 11) is 0. The molecule has 0 saturated heterocycles. The smallest absolute Gasteiger partial charge is 0.115 e. The number of phenolic OH excluding ortho intramolecular Hbond substituents is 3. The summed E-state index contributed by atoms with van der Waals surface area (Å²) in [5.74, 6) is 0.825. The van der Waals surface area contributed by atoms with E-state index in [1.54, 1.807) is 36.4 Å². The first-order chi connectivity index (χ1) is 11.1. The van der Waals surface area contributed by atoms with Gasteiger partial charge in [0.25, 0.3) is 0 Å². The van der Waals surface area contributed by atoms with Crippen molar-refractivity contribution < 1.29 is 15.3 Å². The molecule has 0 saturated carbocycles. The van der Waals surface area contributed by atoms with Crippen LogP contribution in [0.5, 0.6) is 17.2 Å². The molecule has 0 fully saturated rings. The van der Waals surface area contributed by atoms with Crippen molar-refractivity contribution in [2.45, 2.75) is 12.3 Å². The molecule has 0 atom stereocenters. The number of rotatable bonds is 4. The van der Waals surface area contributed by atoms with Crippen LogP contribution in [0.25, 0.3) is 0 Å². The molecule has 0 aliphatic rings. The minimum atomic E-state index is 0.0979. The zero-order chi connectivity index (χ0) is 16.2. The molecule has 3 aromatic carbocycles. The van der Waals surface area contributed by atoms with Crippen molar-refractivity contribution in [2.24, 2.45) is 0 Å². The van der Waals surface area contributed by atoms with Crippen LogP contribution in [0, 0.1) is 0 Å². The van der Waals surface area contributed by atoms with Crippen molar-refractivity contribution in [1.29, 1.82) is 0 Å². The largest absolute Gasteiger partial charge is 0.508 e. The highest BCUT2D eigenvalue weighted by atomic mass is 16.3. The van der Waals surface area contributed by atoms with Gasteiger partial charge in [-0.1, -0.05) is 36.4 Å². The molecule has 0 heterocycles. The number of aromatic hydroxyl groups is 3. The van der Waals surface area contributed by atoms with Crippen LogP contribution in [-0.2, 0) is 6.42 Å². The Morgan fingerprint density at radius 2 is 0.870 bits per heavy atom. The molecule has 0 aliphatic heterocycles. The number of phenols is 3. The van der Waals surface area contributed by atoms with Gasteiger partial charge in [-0.25, -0.2) is 0 Å². The Labute approximate surface area is 135 Å². The topological polar surface area (TPSA) is 60.7 Å². The molecule has 3 aromatic rings. The fourth-order valence-corrected chi connectivity index (χ4v) is 2.71. The average Bonchev–Trinajstić information content (AvgIpc) is 2.56. The van der Waals surface area contributed by atoms with E-state index in [4.69, 9.17) is 0 Å². The Bertz CT molecular complexity index is 714. The number of hydrogen-bond donors (Lipinski definition) is 3. The molecule has 0 aliphatic carbocycles. The van der Waals surface area contributed by atoms with Crippen LogP contribution in [-0.4, -0.2) is 15.3 Å². The highest BCUT2D eigenvalue weighted by Gasteiger charge is 2.15. The van der Waals surface area contributed by atoms with Crippen molar-refractivity contribution in [2.75, 3.05) is 0 Å². The van der Waals surface area contributed by atoms with Gasteiger partial charge < -0.3 is 15.3 Å². The van der Waals surface area contributed by atoms with E-state index in [-0.39, 0.29) is 23.2 Å². The van der Waals surface area contributed by atoms with Gasteiger partial charge in [-0.15, -0.1) is 0 Å². The van der Waals surface area contributed by atoms with Gasteiger partial charge in [0.1, 0.15) is 17.2 Å². The van der Waals surface area contributed by atoms with Crippen molar-refractivity contribution in [3.05, 3.63) is 89.5 Å². The second-order valence-corrected chi connectivity index (χ2v) is 5.61. The quantitative estimate of drug-likeness (QED) is 0.677. The summed E-state index contributed by atoms with van der Waals surface area (Å²) >= 11 is 0. The van der Waals surface area contributed by atoms with Crippen molar-refractivity contribution in [1.82, 2.24) is 0 Å². The highest BCUT2D eigenvalue weighted by Crippen LogP contribution is 2.31. The zero-order valence-electron chi connectivity index (χ0n) is 12.6. The lowest BCUT2D eigenvalue weighted by molar-refractivity contribution is 0.474. The lowest BCUT2D eigenvalue weighted by Gasteiger charge is -2.19. The monoisotopic (exact) mass is 306 g/mol. The zero-order valence-corrected chi connectivity index (χ0v) is 12.6. The molecule has 0 radical (unpaired) electrons. The molecule has 0 amide bonds. The van der Waals surface area contributed by atoms with Crippen LogP contribution in [0.2, 0.25) is 0 Å². The molecule has 3 heteroatoms.